The highest BCUT2D eigenvalue weighted by atomic mass is 35.5. The lowest BCUT2D eigenvalue weighted by molar-refractivity contribution is 0.580. The summed E-state index contributed by atoms with van der Waals surface area (Å²) in [4.78, 5) is 0. The van der Waals surface area contributed by atoms with Crippen molar-refractivity contribution in [2.45, 2.75) is 12.3 Å². The summed E-state index contributed by atoms with van der Waals surface area (Å²) in [6.07, 6.45) is 0. The van der Waals surface area contributed by atoms with Crippen LogP contribution < -0.4 is 4.72 Å². The van der Waals surface area contributed by atoms with E-state index in [1.165, 1.54) is 0 Å². The summed E-state index contributed by atoms with van der Waals surface area (Å²) in [5, 5.41) is 1.24. The highest BCUT2D eigenvalue weighted by Gasteiger charge is 2.13. The Bertz CT molecular complexity index is 748. The van der Waals surface area contributed by atoms with Crippen LogP contribution in [0.3, 0.4) is 0 Å². The molecule has 2 aromatic carbocycles. The largest absolute Gasteiger partial charge is 0.216 e. The Hall–Kier alpha value is -0.780. The lowest BCUT2D eigenvalue weighted by Crippen LogP contribution is -2.24. The normalized spacial score (nSPS) is 11.6. The molecule has 0 aromatic heterocycles. The van der Waals surface area contributed by atoms with E-state index in [-0.39, 0.29) is 12.3 Å². The van der Waals surface area contributed by atoms with Crippen LogP contribution in [0.15, 0.2) is 42.5 Å². The van der Waals surface area contributed by atoms with Crippen LogP contribution in [-0.2, 0) is 22.3 Å². The first kappa shape index (κ1) is 16.6. The van der Waals surface area contributed by atoms with Crippen molar-refractivity contribution in [2.24, 2.45) is 0 Å². The number of halogens is 3. The van der Waals surface area contributed by atoms with Crippen molar-refractivity contribution in [1.29, 1.82) is 0 Å². The molecule has 21 heavy (non-hydrogen) atoms. The molecular weight excluding hydrogens is 353 g/mol. The van der Waals surface area contributed by atoms with Gasteiger partial charge in [0.05, 0.1) is 15.8 Å². The fourth-order valence-electron chi connectivity index (χ4n) is 1.73. The van der Waals surface area contributed by atoms with E-state index >= 15 is 0 Å². The van der Waals surface area contributed by atoms with Gasteiger partial charge in [-0.05, 0) is 29.3 Å². The van der Waals surface area contributed by atoms with Gasteiger partial charge < -0.3 is 0 Å². The molecule has 0 heterocycles. The molecule has 2 aromatic rings. The highest BCUT2D eigenvalue weighted by Crippen LogP contribution is 2.23. The molecule has 0 radical (unpaired) electrons. The van der Waals surface area contributed by atoms with E-state index in [2.05, 4.69) is 4.72 Å². The highest BCUT2D eigenvalue weighted by molar-refractivity contribution is 7.88. The maximum atomic E-state index is 12.1. The zero-order valence-electron chi connectivity index (χ0n) is 10.8. The van der Waals surface area contributed by atoms with Gasteiger partial charge in [-0.3, -0.25) is 0 Å². The van der Waals surface area contributed by atoms with E-state index in [0.29, 0.717) is 20.6 Å². The summed E-state index contributed by atoms with van der Waals surface area (Å²) in [5.41, 5.74) is 1.29. The first-order valence-corrected chi connectivity index (χ1v) is 8.81. The van der Waals surface area contributed by atoms with E-state index < -0.39 is 10.0 Å². The summed E-state index contributed by atoms with van der Waals surface area (Å²) < 4.78 is 26.6. The zero-order chi connectivity index (χ0) is 15.5. The number of rotatable bonds is 5. The third kappa shape index (κ3) is 4.87. The summed E-state index contributed by atoms with van der Waals surface area (Å²) in [5.74, 6) is -0.172. The van der Waals surface area contributed by atoms with E-state index in [0.717, 1.165) is 5.56 Å². The minimum absolute atomic E-state index is 0.142. The predicted molar refractivity (Wildman–Crippen MR) is 87.4 cm³/mol. The Labute approximate surface area is 138 Å². The predicted octanol–water partition coefficient (Wildman–Crippen LogP) is 4.27. The van der Waals surface area contributed by atoms with Crippen LogP contribution in [0.5, 0.6) is 0 Å². The number of benzene rings is 2. The molecule has 0 aliphatic heterocycles. The molecule has 0 fully saturated rings. The lowest BCUT2D eigenvalue weighted by Gasteiger charge is -2.08. The van der Waals surface area contributed by atoms with Crippen LogP contribution in [0.4, 0.5) is 0 Å². The molecule has 112 valence electrons. The lowest BCUT2D eigenvalue weighted by atomic mass is 10.2. The second kappa shape index (κ2) is 6.99. The quantitative estimate of drug-likeness (QED) is 0.861. The number of hydrogen-bond donors (Lipinski definition) is 1. The molecule has 0 saturated carbocycles. The number of hydrogen-bond acceptors (Lipinski definition) is 2. The van der Waals surface area contributed by atoms with Gasteiger partial charge in [-0.15, -0.1) is 0 Å². The molecule has 7 heteroatoms. The molecular formula is C14H12Cl3NO2S. The second-order valence-electron chi connectivity index (χ2n) is 4.42. The average molecular weight is 365 g/mol. The maximum Gasteiger partial charge on any atom is 0.216 e. The van der Waals surface area contributed by atoms with Crippen molar-refractivity contribution in [3.63, 3.8) is 0 Å². The van der Waals surface area contributed by atoms with Crippen LogP contribution in [0, 0.1) is 0 Å². The van der Waals surface area contributed by atoms with Crippen molar-refractivity contribution in [1.82, 2.24) is 4.72 Å². The second-order valence-corrected chi connectivity index (χ2v) is 7.45. The summed E-state index contributed by atoms with van der Waals surface area (Å²) in [7, 11) is -3.49. The standard InChI is InChI=1S/C14H12Cl3NO2S/c15-12-4-2-1-3-11(12)8-18-21(19,20)9-10-5-6-13(16)14(17)7-10/h1-7,18H,8-9H2. The fourth-order valence-corrected chi connectivity index (χ4v) is 3.35. The maximum absolute atomic E-state index is 12.1. The molecule has 0 spiro atoms. The topological polar surface area (TPSA) is 46.2 Å². The smallest absolute Gasteiger partial charge is 0.212 e. The average Bonchev–Trinajstić information content (AvgIpc) is 2.42. The summed E-state index contributed by atoms with van der Waals surface area (Å²) in [6.45, 7) is 0.142. The van der Waals surface area contributed by atoms with E-state index in [9.17, 15) is 8.42 Å². The summed E-state index contributed by atoms with van der Waals surface area (Å²) >= 11 is 17.7. The van der Waals surface area contributed by atoms with Gasteiger partial charge in [0.2, 0.25) is 10.0 Å². The van der Waals surface area contributed by atoms with Crippen LogP contribution in [0.25, 0.3) is 0 Å². The number of nitrogens with one attached hydrogen (secondary N) is 1. The van der Waals surface area contributed by atoms with E-state index in [1.807, 2.05) is 0 Å². The molecule has 0 bridgehead atoms. The van der Waals surface area contributed by atoms with Crippen molar-refractivity contribution in [3.05, 3.63) is 68.7 Å². The monoisotopic (exact) mass is 363 g/mol. The molecule has 0 aliphatic carbocycles. The number of sulfonamides is 1. The molecule has 0 atom stereocenters. The van der Waals surface area contributed by atoms with Crippen LogP contribution in [-0.4, -0.2) is 8.42 Å². The van der Waals surface area contributed by atoms with Crippen LogP contribution in [0.2, 0.25) is 15.1 Å². The van der Waals surface area contributed by atoms with Crippen molar-refractivity contribution in [3.8, 4) is 0 Å². The van der Waals surface area contributed by atoms with Crippen molar-refractivity contribution >= 4 is 44.8 Å². The minimum Gasteiger partial charge on any atom is -0.212 e. The van der Waals surface area contributed by atoms with E-state index in [1.54, 1.807) is 42.5 Å². The van der Waals surface area contributed by atoms with Crippen LogP contribution >= 0.6 is 34.8 Å². The zero-order valence-corrected chi connectivity index (χ0v) is 13.9. The summed E-state index contributed by atoms with van der Waals surface area (Å²) in [6, 6.07) is 11.8. The third-order valence-corrected chi connectivity index (χ3v) is 5.19. The van der Waals surface area contributed by atoms with Gasteiger partial charge >= 0.3 is 0 Å². The van der Waals surface area contributed by atoms with Gasteiger partial charge in [-0.25, -0.2) is 13.1 Å². The Morgan fingerprint density at radius 1 is 0.905 bits per heavy atom. The third-order valence-electron chi connectivity index (χ3n) is 2.78. The molecule has 0 aliphatic rings. The Balaban J connectivity index is 2.05. The fraction of sp³-hybridized carbons (Fsp3) is 0.143. The van der Waals surface area contributed by atoms with E-state index in [4.69, 9.17) is 34.8 Å². The SMILES string of the molecule is O=S(=O)(Cc1ccc(Cl)c(Cl)c1)NCc1ccccc1Cl. The van der Waals surface area contributed by atoms with Gasteiger partial charge in [0.1, 0.15) is 0 Å². The Morgan fingerprint density at radius 2 is 1.62 bits per heavy atom. The molecule has 1 N–H and O–H groups in total. The van der Waals surface area contributed by atoms with Gasteiger partial charge in [-0.1, -0.05) is 59.1 Å². The molecule has 3 nitrogen and oxygen atoms in total. The Morgan fingerprint density at radius 3 is 2.29 bits per heavy atom. The molecule has 0 amide bonds. The first-order valence-electron chi connectivity index (χ1n) is 6.02. The van der Waals surface area contributed by atoms with Gasteiger partial charge in [0, 0.05) is 11.6 Å². The minimum atomic E-state index is -3.49. The van der Waals surface area contributed by atoms with Gasteiger partial charge in [0.15, 0.2) is 0 Å². The van der Waals surface area contributed by atoms with Gasteiger partial charge in [-0.2, -0.15) is 0 Å². The molecule has 0 saturated heterocycles. The van der Waals surface area contributed by atoms with Crippen LogP contribution in [0.1, 0.15) is 11.1 Å². The van der Waals surface area contributed by atoms with Gasteiger partial charge in [0.25, 0.3) is 0 Å². The Kier molecular flexibility index (Phi) is 5.52. The van der Waals surface area contributed by atoms with Crippen molar-refractivity contribution in [2.75, 3.05) is 0 Å². The first-order chi connectivity index (χ1) is 9.87. The molecule has 2 rings (SSSR count). The van der Waals surface area contributed by atoms with Crippen molar-refractivity contribution < 1.29 is 8.42 Å². The molecule has 0 unspecified atom stereocenters.